The summed E-state index contributed by atoms with van der Waals surface area (Å²) in [7, 11) is 0. The van der Waals surface area contributed by atoms with Gasteiger partial charge in [-0.15, -0.1) is 0 Å². The number of hydrogen-bond donors (Lipinski definition) is 3. The van der Waals surface area contributed by atoms with E-state index in [1.54, 1.807) is 48.5 Å². The fourth-order valence-corrected chi connectivity index (χ4v) is 5.27. The molecule has 0 radical (unpaired) electrons. The summed E-state index contributed by atoms with van der Waals surface area (Å²) in [6.07, 6.45) is 0.315. The SMILES string of the molecule is CC(C)C(NC(=O)C(Cc1ccccc1)NC(=O)CCc1cc(Cl)cc(Cl)c1)C(=O)C(F)(F)C(=O)NCCN1CCOCC1. The number of Topliss-reactive ketones (excluding diaryl/α,β-unsaturated/α-hetero) is 1. The standard InChI is InChI=1S/C31H38Cl2F2N4O5/c1-20(2)27(28(41)31(34,35)30(43)36-10-11-39-12-14-44-15-13-39)38-29(42)25(18-21-6-4-3-5-7-21)37-26(40)9-8-22-16-23(32)19-24(33)17-22/h3-7,16-17,19-20,25,27H,8-15,18H2,1-2H3,(H,36,43)(H,37,40)(H,38,42). The molecule has 2 aromatic carbocycles. The van der Waals surface area contributed by atoms with Crippen LogP contribution in [0.2, 0.25) is 10.0 Å². The first-order valence-corrected chi connectivity index (χ1v) is 15.2. The molecule has 2 unspecified atom stereocenters. The summed E-state index contributed by atoms with van der Waals surface area (Å²) in [5, 5.41) is 8.01. The van der Waals surface area contributed by atoms with Crippen molar-refractivity contribution >= 4 is 46.7 Å². The van der Waals surface area contributed by atoms with Crippen LogP contribution in [-0.4, -0.2) is 85.8 Å². The molecule has 0 bridgehead atoms. The Kier molecular flexibility index (Phi) is 13.5. The maximum Gasteiger partial charge on any atom is 0.383 e. The van der Waals surface area contributed by atoms with Gasteiger partial charge in [-0.1, -0.05) is 67.4 Å². The third-order valence-electron chi connectivity index (χ3n) is 7.16. The first kappa shape index (κ1) is 35.4. The van der Waals surface area contributed by atoms with E-state index in [9.17, 15) is 19.2 Å². The number of ether oxygens (including phenoxy) is 1. The van der Waals surface area contributed by atoms with Crippen molar-refractivity contribution < 1.29 is 32.7 Å². The number of amides is 3. The number of nitrogens with one attached hydrogen (secondary N) is 3. The average molecular weight is 656 g/mol. The molecule has 0 aliphatic carbocycles. The van der Waals surface area contributed by atoms with Crippen LogP contribution < -0.4 is 16.0 Å². The second kappa shape index (κ2) is 16.8. The fourth-order valence-electron chi connectivity index (χ4n) is 4.70. The Bertz CT molecular complexity index is 1270. The van der Waals surface area contributed by atoms with Crippen molar-refractivity contribution in [2.24, 2.45) is 5.92 Å². The lowest BCUT2D eigenvalue weighted by molar-refractivity contribution is -0.161. The van der Waals surface area contributed by atoms with Gasteiger partial charge in [0.05, 0.1) is 19.3 Å². The zero-order valence-electron chi connectivity index (χ0n) is 24.7. The van der Waals surface area contributed by atoms with E-state index in [0.29, 0.717) is 48.5 Å². The number of morpholine rings is 1. The molecule has 0 spiro atoms. The number of aryl methyl sites for hydroxylation is 1. The highest BCUT2D eigenvalue weighted by molar-refractivity contribution is 6.34. The number of alkyl halides is 2. The first-order valence-electron chi connectivity index (χ1n) is 14.5. The summed E-state index contributed by atoms with van der Waals surface area (Å²) in [6.45, 7) is 5.47. The maximum absolute atomic E-state index is 15.1. The number of halogens is 4. The van der Waals surface area contributed by atoms with Crippen LogP contribution in [0.1, 0.15) is 31.4 Å². The molecule has 0 saturated carbocycles. The minimum atomic E-state index is -4.39. The maximum atomic E-state index is 15.1. The van der Waals surface area contributed by atoms with Crippen molar-refractivity contribution in [2.75, 3.05) is 39.4 Å². The quantitative estimate of drug-likeness (QED) is 0.253. The molecule has 0 aromatic heterocycles. The molecule has 13 heteroatoms. The van der Waals surface area contributed by atoms with Crippen LogP contribution in [0.15, 0.2) is 48.5 Å². The summed E-state index contributed by atoms with van der Waals surface area (Å²) in [4.78, 5) is 53.7. The van der Waals surface area contributed by atoms with Gasteiger partial charge >= 0.3 is 5.92 Å². The molecule has 240 valence electrons. The van der Waals surface area contributed by atoms with Crippen molar-refractivity contribution in [2.45, 2.75) is 51.1 Å². The number of carbonyl (C=O) groups excluding carboxylic acids is 4. The highest BCUT2D eigenvalue weighted by atomic mass is 35.5. The van der Waals surface area contributed by atoms with E-state index in [1.165, 1.54) is 13.8 Å². The van der Waals surface area contributed by atoms with Crippen LogP contribution in [0, 0.1) is 5.92 Å². The van der Waals surface area contributed by atoms with Gasteiger partial charge in [-0.2, -0.15) is 8.78 Å². The minimum absolute atomic E-state index is 0.00945. The summed E-state index contributed by atoms with van der Waals surface area (Å²) in [5.74, 6) is -9.93. The number of carbonyl (C=O) groups is 4. The second-order valence-corrected chi connectivity index (χ2v) is 11.8. The molecule has 44 heavy (non-hydrogen) atoms. The lowest BCUT2D eigenvalue weighted by Gasteiger charge is -2.28. The molecule has 1 aliphatic rings. The van der Waals surface area contributed by atoms with E-state index < -0.39 is 47.4 Å². The number of benzene rings is 2. The lowest BCUT2D eigenvalue weighted by atomic mass is 9.94. The predicted octanol–water partition coefficient (Wildman–Crippen LogP) is 3.45. The molecule has 2 atom stereocenters. The Balaban J connectivity index is 1.67. The van der Waals surface area contributed by atoms with Crippen LogP contribution in [0.5, 0.6) is 0 Å². The van der Waals surface area contributed by atoms with Gasteiger partial charge < -0.3 is 20.7 Å². The minimum Gasteiger partial charge on any atom is -0.379 e. The van der Waals surface area contributed by atoms with Gasteiger partial charge in [0.15, 0.2) is 0 Å². The molecule has 3 rings (SSSR count). The van der Waals surface area contributed by atoms with Crippen molar-refractivity contribution in [1.82, 2.24) is 20.9 Å². The Morgan fingerprint density at radius 2 is 1.59 bits per heavy atom. The van der Waals surface area contributed by atoms with E-state index >= 15 is 8.78 Å². The van der Waals surface area contributed by atoms with Gasteiger partial charge in [0.1, 0.15) is 6.04 Å². The van der Waals surface area contributed by atoms with Crippen molar-refractivity contribution in [3.63, 3.8) is 0 Å². The molecular formula is C31H38Cl2F2N4O5. The van der Waals surface area contributed by atoms with Gasteiger partial charge in [0, 0.05) is 49.1 Å². The largest absolute Gasteiger partial charge is 0.383 e. The van der Waals surface area contributed by atoms with Crippen LogP contribution >= 0.6 is 23.2 Å². The van der Waals surface area contributed by atoms with Gasteiger partial charge in [-0.05, 0) is 41.7 Å². The molecular weight excluding hydrogens is 617 g/mol. The molecule has 3 amide bonds. The van der Waals surface area contributed by atoms with Crippen molar-refractivity contribution in [1.29, 1.82) is 0 Å². The number of ketones is 1. The fraction of sp³-hybridized carbons (Fsp3) is 0.484. The van der Waals surface area contributed by atoms with Gasteiger partial charge in [-0.3, -0.25) is 24.1 Å². The summed E-state index contributed by atoms with van der Waals surface area (Å²) in [5.41, 5.74) is 1.42. The summed E-state index contributed by atoms with van der Waals surface area (Å²) in [6, 6.07) is 10.8. The van der Waals surface area contributed by atoms with E-state index in [0.717, 1.165) is 5.56 Å². The highest BCUT2D eigenvalue weighted by Gasteiger charge is 2.51. The summed E-state index contributed by atoms with van der Waals surface area (Å²) >= 11 is 12.1. The van der Waals surface area contributed by atoms with Gasteiger partial charge in [0.2, 0.25) is 17.6 Å². The smallest absolute Gasteiger partial charge is 0.379 e. The van der Waals surface area contributed by atoms with Crippen molar-refractivity contribution in [3.8, 4) is 0 Å². The van der Waals surface area contributed by atoms with Crippen molar-refractivity contribution in [3.05, 3.63) is 69.7 Å². The van der Waals surface area contributed by atoms with Gasteiger partial charge in [0.25, 0.3) is 5.91 Å². The second-order valence-electron chi connectivity index (χ2n) is 11.0. The van der Waals surface area contributed by atoms with E-state index in [1.807, 2.05) is 4.90 Å². The Hall–Kier alpha value is -3.12. The van der Waals surface area contributed by atoms with E-state index in [4.69, 9.17) is 27.9 Å². The average Bonchev–Trinajstić information content (AvgIpc) is 2.98. The van der Waals surface area contributed by atoms with Gasteiger partial charge in [-0.25, -0.2) is 0 Å². The zero-order valence-corrected chi connectivity index (χ0v) is 26.2. The van der Waals surface area contributed by atoms with Crippen LogP contribution in [0.3, 0.4) is 0 Å². The predicted molar refractivity (Wildman–Crippen MR) is 164 cm³/mol. The molecule has 1 saturated heterocycles. The Labute approximate surface area is 266 Å². The summed E-state index contributed by atoms with van der Waals surface area (Å²) < 4.78 is 35.4. The first-order chi connectivity index (χ1) is 20.9. The topological polar surface area (TPSA) is 117 Å². The van der Waals surface area contributed by atoms with Crippen LogP contribution in [0.25, 0.3) is 0 Å². The van der Waals surface area contributed by atoms with E-state index in [2.05, 4.69) is 16.0 Å². The van der Waals surface area contributed by atoms with E-state index in [-0.39, 0.29) is 25.8 Å². The number of hydrogen-bond acceptors (Lipinski definition) is 6. The van der Waals surface area contributed by atoms with Crippen LogP contribution in [0.4, 0.5) is 8.78 Å². The number of nitrogens with zero attached hydrogens (tertiary/aromatic N) is 1. The van der Waals surface area contributed by atoms with Crippen LogP contribution in [-0.2, 0) is 36.8 Å². The molecule has 9 nitrogen and oxygen atoms in total. The monoisotopic (exact) mass is 654 g/mol. The molecule has 1 fully saturated rings. The third kappa shape index (κ3) is 10.8. The molecule has 1 aliphatic heterocycles. The number of rotatable bonds is 15. The highest BCUT2D eigenvalue weighted by Crippen LogP contribution is 2.22. The molecule has 3 N–H and O–H groups in total. The molecule has 2 aromatic rings. The Morgan fingerprint density at radius 1 is 0.955 bits per heavy atom. The third-order valence-corrected chi connectivity index (χ3v) is 7.59. The normalized spacial score (nSPS) is 15.3. The zero-order chi connectivity index (χ0) is 32.3. The Morgan fingerprint density at radius 3 is 2.20 bits per heavy atom. The molecule has 1 heterocycles. The lowest BCUT2D eigenvalue weighted by Crippen LogP contribution is -2.59.